The van der Waals surface area contributed by atoms with Crippen molar-refractivity contribution < 1.29 is 6.22 Å². The van der Waals surface area contributed by atoms with Gasteiger partial charge in [-0.15, -0.1) is 0 Å². The summed E-state index contributed by atoms with van der Waals surface area (Å²) in [5.74, 6) is 1.21. The van der Waals surface area contributed by atoms with Gasteiger partial charge in [-0.1, -0.05) is 27.7 Å². The van der Waals surface area contributed by atoms with E-state index in [0.29, 0.717) is 11.9 Å². The van der Waals surface area contributed by atoms with Crippen molar-refractivity contribution in [3.8, 4) is 0 Å². The SMILES string of the molecule is CC(C)NCC1CCN(C(=O)C(C)C)CC1.[HH]. The summed E-state index contributed by atoms with van der Waals surface area (Å²) in [4.78, 5) is 13.8. The average Bonchev–Trinajstić information content (AvgIpc) is 2.26. The second-order valence-corrected chi connectivity index (χ2v) is 5.49. The van der Waals surface area contributed by atoms with E-state index in [1.807, 2.05) is 18.7 Å². The first kappa shape index (κ1) is 13.5. The van der Waals surface area contributed by atoms with E-state index in [0.717, 1.165) is 38.4 Å². The molecule has 3 nitrogen and oxygen atoms in total. The molecule has 1 rings (SSSR count). The Bertz CT molecular complexity index is 223. The molecule has 1 fully saturated rings. The van der Waals surface area contributed by atoms with Crippen LogP contribution in [-0.2, 0) is 4.79 Å². The topological polar surface area (TPSA) is 32.3 Å². The average molecular weight is 228 g/mol. The summed E-state index contributed by atoms with van der Waals surface area (Å²) in [5.41, 5.74) is 0. The molecule has 0 aromatic rings. The predicted octanol–water partition coefficient (Wildman–Crippen LogP) is 2.12. The molecule has 0 atom stereocenters. The van der Waals surface area contributed by atoms with Crippen LogP contribution >= 0.6 is 0 Å². The van der Waals surface area contributed by atoms with Gasteiger partial charge >= 0.3 is 0 Å². The quantitative estimate of drug-likeness (QED) is 0.799. The minimum atomic E-state index is 0. The summed E-state index contributed by atoms with van der Waals surface area (Å²) in [6.07, 6.45) is 2.30. The Labute approximate surface area is 101 Å². The molecule has 0 unspecified atom stereocenters. The Kier molecular flexibility index (Phi) is 5.26. The molecular formula is C13H28N2O. The van der Waals surface area contributed by atoms with Crippen molar-refractivity contribution in [1.82, 2.24) is 10.2 Å². The van der Waals surface area contributed by atoms with Crippen molar-refractivity contribution in [3.05, 3.63) is 0 Å². The molecule has 0 aromatic heterocycles. The van der Waals surface area contributed by atoms with Gasteiger partial charge in [0.15, 0.2) is 0 Å². The minimum absolute atomic E-state index is 0. The summed E-state index contributed by atoms with van der Waals surface area (Å²) in [6.45, 7) is 11.3. The fraction of sp³-hybridized carbons (Fsp3) is 0.923. The largest absolute Gasteiger partial charge is 0.342 e. The lowest BCUT2D eigenvalue weighted by molar-refractivity contribution is -0.135. The highest BCUT2D eigenvalue weighted by Crippen LogP contribution is 2.18. The molecule has 0 aromatic carbocycles. The number of hydrogen-bond acceptors (Lipinski definition) is 2. The van der Waals surface area contributed by atoms with Crippen LogP contribution in [0.4, 0.5) is 0 Å². The van der Waals surface area contributed by atoms with Crippen LogP contribution in [0.25, 0.3) is 0 Å². The zero-order valence-electron chi connectivity index (χ0n) is 11.1. The number of piperidine rings is 1. The van der Waals surface area contributed by atoms with Gasteiger partial charge in [0, 0.05) is 26.5 Å². The monoisotopic (exact) mass is 228 g/mol. The second-order valence-electron chi connectivity index (χ2n) is 5.49. The Morgan fingerprint density at radius 1 is 1.31 bits per heavy atom. The van der Waals surface area contributed by atoms with E-state index in [4.69, 9.17) is 0 Å². The third-order valence-corrected chi connectivity index (χ3v) is 3.23. The van der Waals surface area contributed by atoms with Gasteiger partial charge in [-0.3, -0.25) is 4.79 Å². The molecule has 0 saturated carbocycles. The van der Waals surface area contributed by atoms with Gasteiger partial charge in [-0.2, -0.15) is 0 Å². The molecule has 0 bridgehead atoms. The smallest absolute Gasteiger partial charge is 0.225 e. The molecule has 16 heavy (non-hydrogen) atoms. The third kappa shape index (κ3) is 4.12. The van der Waals surface area contributed by atoms with E-state index in [1.165, 1.54) is 0 Å². The Hall–Kier alpha value is -0.570. The number of nitrogens with one attached hydrogen (secondary N) is 1. The molecule has 1 saturated heterocycles. The highest BCUT2D eigenvalue weighted by molar-refractivity contribution is 5.78. The molecule has 1 aliphatic rings. The van der Waals surface area contributed by atoms with Gasteiger partial charge in [0.25, 0.3) is 0 Å². The summed E-state index contributed by atoms with van der Waals surface area (Å²) >= 11 is 0. The van der Waals surface area contributed by atoms with Gasteiger partial charge in [0.1, 0.15) is 0 Å². The van der Waals surface area contributed by atoms with Crippen LogP contribution in [0.5, 0.6) is 0 Å². The molecule has 1 heterocycles. The maximum absolute atomic E-state index is 11.8. The molecule has 1 amide bonds. The number of carbonyl (C=O) groups is 1. The van der Waals surface area contributed by atoms with Gasteiger partial charge < -0.3 is 10.2 Å². The zero-order chi connectivity index (χ0) is 12.1. The number of rotatable bonds is 4. The predicted molar refractivity (Wildman–Crippen MR) is 69.4 cm³/mol. The number of hydrogen-bond donors (Lipinski definition) is 1. The summed E-state index contributed by atoms with van der Waals surface area (Å²) in [5, 5.41) is 3.48. The fourth-order valence-corrected chi connectivity index (χ4v) is 2.12. The van der Waals surface area contributed by atoms with Crippen LogP contribution < -0.4 is 5.32 Å². The normalized spacial score (nSPS) is 18.5. The van der Waals surface area contributed by atoms with E-state index in [-0.39, 0.29) is 7.34 Å². The van der Waals surface area contributed by atoms with Crippen molar-refractivity contribution in [2.24, 2.45) is 11.8 Å². The molecule has 0 aliphatic carbocycles. The van der Waals surface area contributed by atoms with Crippen LogP contribution in [0.3, 0.4) is 0 Å². The van der Waals surface area contributed by atoms with Crippen LogP contribution in [-0.4, -0.2) is 36.5 Å². The minimum Gasteiger partial charge on any atom is -0.342 e. The van der Waals surface area contributed by atoms with E-state index in [1.54, 1.807) is 0 Å². The van der Waals surface area contributed by atoms with Crippen LogP contribution in [0.1, 0.15) is 42.0 Å². The molecule has 0 spiro atoms. The first-order chi connectivity index (χ1) is 7.50. The van der Waals surface area contributed by atoms with Crippen LogP contribution in [0.2, 0.25) is 0 Å². The van der Waals surface area contributed by atoms with Gasteiger partial charge in [-0.05, 0) is 25.3 Å². The summed E-state index contributed by atoms with van der Waals surface area (Å²) in [7, 11) is 0. The third-order valence-electron chi connectivity index (χ3n) is 3.23. The highest BCUT2D eigenvalue weighted by atomic mass is 16.2. The van der Waals surface area contributed by atoms with Crippen LogP contribution in [0.15, 0.2) is 0 Å². The van der Waals surface area contributed by atoms with E-state index in [2.05, 4.69) is 19.2 Å². The molecular weight excluding hydrogens is 200 g/mol. The van der Waals surface area contributed by atoms with Crippen molar-refractivity contribution in [3.63, 3.8) is 0 Å². The fourth-order valence-electron chi connectivity index (χ4n) is 2.12. The lowest BCUT2D eigenvalue weighted by Crippen LogP contribution is -2.43. The Balaban J connectivity index is 0.00000256. The number of likely N-dealkylation sites (tertiary alicyclic amines) is 1. The van der Waals surface area contributed by atoms with E-state index < -0.39 is 0 Å². The summed E-state index contributed by atoms with van der Waals surface area (Å²) < 4.78 is 0. The number of carbonyl (C=O) groups excluding carboxylic acids is 1. The van der Waals surface area contributed by atoms with E-state index >= 15 is 0 Å². The molecule has 1 aliphatic heterocycles. The Morgan fingerprint density at radius 2 is 1.88 bits per heavy atom. The molecule has 1 N–H and O–H groups in total. The second kappa shape index (κ2) is 6.24. The highest BCUT2D eigenvalue weighted by Gasteiger charge is 2.23. The zero-order valence-corrected chi connectivity index (χ0v) is 11.1. The first-order valence-electron chi connectivity index (χ1n) is 6.53. The maximum atomic E-state index is 11.8. The van der Waals surface area contributed by atoms with Crippen molar-refractivity contribution in [2.45, 2.75) is 46.6 Å². The first-order valence-corrected chi connectivity index (χ1v) is 6.53. The Morgan fingerprint density at radius 3 is 2.31 bits per heavy atom. The van der Waals surface area contributed by atoms with Crippen LogP contribution in [0, 0.1) is 11.8 Å². The van der Waals surface area contributed by atoms with Crippen molar-refractivity contribution in [1.29, 1.82) is 0 Å². The molecule has 3 heteroatoms. The van der Waals surface area contributed by atoms with Gasteiger partial charge in [-0.25, -0.2) is 0 Å². The van der Waals surface area contributed by atoms with Gasteiger partial charge in [0.05, 0.1) is 0 Å². The molecule has 0 radical (unpaired) electrons. The van der Waals surface area contributed by atoms with Crippen molar-refractivity contribution >= 4 is 5.91 Å². The lowest BCUT2D eigenvalue weighted by atomic mass is 9.95. The molecule has 96 valence electrons. The van der Waals surface area contributed by atoms with E-state index in [9.17, 15) is 4.79 Å². The summed E-state index contributed by atoms with van der Waals surface area (Å²) in [6, 6.07) is 0.565. The standard InChI is InChI=1S/C13H26N2O.H2/c1-10(2)13(16)15-7-5-12(6-8-15)9-14-11(3)4;/h10-12,14H,5-9H2,1-4H3;1H. The maximum Gasteiger partial charge on any atom is 0.225 e. The number of nitrogens with zero attached hydrogens (tertiary/aromatic N) is 1. The van der Waals surface area contributed by atoms with Crippen molar-refractivity contribution in [2.75, 3.05) is 19.6 Å². The lowest BCUT2D eigenvalue weighted by Gasteiger charge is -2.33. The number of amides is 1. The van der Waals surface area contributed by atoms with Gasteiger partial charge in [0.2, 0.25) is 5.91 Å².